The lowest BCUT2D eigenvalue weighted by atomic mass is 10.2. The molecule has 1 unspecified atom stereocenters. The van der Waals surface area contributed by atoms with Gasteiger partial charge in [0.2, 0.25) is 5.91 Å². The summed E-state index contributed by atoms with van der Waals surface area (Å²) in [6.07, 6.45) is -3.84. The van der Waals surface area contributed by atoms with Crippen molar-refractivity contribution in [1.82, 2.24) is 5.32 Å². The fourth-order valence-corrected chi connectivity index (χ4v) is 2.37. The van der Waals surface area contributed by atoms with Gasteiger partial charge in [0.25, 0.3) is 0 Å². The third-order valence-electron chi connectivity index (χ3n) is 3.12. The molecule has 2 rings (SSSR count). The number of hydrogen-bond acceptors (Lipinski definition) is 2. The summed E-state index contributed by atoms with van der Waals surface area (Å²) < 4.78 is 37.6. The van der Waals surface area contributed by atoms with E-state index in [-0.39, 0.29) is 17.0 Å². The summed E-state index contributed by atoms with van der Waals surface area (Å²) in [6, 6.07) is 2.71. The van der Waals surface area contributed by atoms with Crippen LogP contribution >= 0.6 is 11.6 Å². The fraction of sp³-hybridized carbons (Fsp3) is 0.417. The van der Waals surface area contributed by atoms with Gasteiger partial charge in [0.1, 0.15) is 0 Å². The van der Waals surface area contributed by atoms with Crippen molar-refractivity contribution in [3.05, 3.63) is 28.8 Å². The molecule has 7 heteroatoms. The van der Waals surface area contributed by atoms with Gasteiger partial charge in [0.05, 0.1) is 22.3 Å². The minimum absolute atomic E-state index is 0.0695. The Morgan fingerprint density at radius 1 is 1.42 bits per heavy atom. The lowest BCUT2D eigenvalue weighted by molar-refractivity contribution is -0.137. The number of alkyl halides is 3. The van der Waals surface area contributed by atoms with E-state index in [0.717, 1.165) is 12.1 Å². The summed E-state index contributed by atoms with van der Waals surface area (Å²) in [5, 5.41) is 2.78. The topological polar surface area (TPSA) is 32.3 Å². The molecular formula is C12H12ClF3N2O. The monoisotopic (exact) mass is 292 g/mol. The maximum Gasteiger partial charge on any atom is 0.416 e. The highest BCUT2D eigenvalue weighted by atomic mass is 35.5. The summed E-state index contributed by atoms with van der Waals surface area (Å²) in [6.45, 7) is 0.440. The van der Waals surface area contributed by atoms with Crippen LogP contribution in [0.4, 0.5) is 18.9 Å². The number of carbonyl (C=O) groups is 1. The molecule has 1 aliphatic heterocycles. The Morgan fingerprint density at radius 2 is 2.11 bits per heavy atom. The molecule has 3 nitrogen and oxygen atoms in total. The van der Waals surface area contributed by atoms with Crippen LogP contribution in [0.25, 0.3) is 0 Å². The minimum atomic E-state index is -4.44. The van der Waals surface area contributed by atoms with Crippen LogP contribution in [0.3, 0.4) is 0 Å². The van der Waals surface area contributed by atoms with E-state index in [1.54, 1.807) is 7.05 Å². The number of likely N-dealkylation sites (N-methyl/N-ethyl adjacent to an activating group) is 1. The zero-order chi connectivity index (χ0) is 14.2. The molecule has 0 spiro atoms. The molecule has 1 saturated heterocycles. The number of rotatable bonds is 2. The number of benzene rings is 1. The maximum atomic E-state index is 12.5. The minimum Gasteiger partial charge on any atom is -0.310 e. The highest BCUT2D eigenvalue weighted by Crippen LogP contribution is 2.36. The first-order valence-corrected chi connectivity index (χ1v) is 6.08. The van der Waals surface area contributed by atoms with Crippen LogP contribution in [-0.4, -0.2) is 25.5 Å². The van der Waals surface area contributed by atoms with Crippen molar-refractivity contribution in [2.75, 3.05) is 18.5 Å². The lowest BCUT2D eigenvalue weighted by Crippen LogP contribution is -2.36. The van der Waals surface area contributed by atoms with Gasteiger partial charge in [-0.15, -0.1) is 0 Å². The number of nitrogens with one attached hydrogen (secondary N) is 1. The lowest BCUT2D eigenvalue weighted by Gasteiger charge is -2.19. The van der Waals surface area contributed by atoms with Crippen LogP contribution < -0.4 is 10.2 Å². The highest BCUT2D eigenvalue weighted by Gasteiger charge is 2.34. The largest absolute Gasteiger partial charge is 0.416 e. The second kappa shape index (κ2) is 5.02. The average molecular weight is 293 g/mol. The van der Waals surface area contributed by atoms with Gasteiger partial charge >= 0.3 is 6.18 Å². The van der Waals surface area contributed by atoms with Crippen LogP contribution in [0.15, 0.2) is 18.2 Å². The molecule has 0 aliphatic carbocycles. The molecule has 1 aromatic rings. The average Bonchev–Trinajstić information content (AvgIpc) is 2.69. The fourth-order valence-electron chi connectivity index (χ4n) is 2.09. The van der Waals surface area contributed by atoms with E-state index in [1.807, 2.05) is 0 Å². The number of hydrogen-bond donors (Lipinski definition) is 1. The van der Waals surface area contributed by atoms with Crippen molar-refractivity contribution in [3.63, 3.8) is 0 Å². The SMILES string of the molecule is CNC1CCN(c2ccc(C(F)(F)F)cc2Cl)C1=O. The van der Waals surface area contributed by atoms with Crippen molar-refractivity contribution < 1.29 is 18.0 Å². The molecule has 0 saturated carbocycles. The molecule has 0 aromatic heterocycles. The number of carbonyl (C=O) groups excluding carboxylic acids is 1. The van der Waals surface area contributed by atoms with Crippen molar-refractivity contribution in [2.24, 2.45) is 0 Å². The Bertz CT molecular complexity index is 504. The molecule has 1 amide bonds. The zero-order valence-corrected chi connectivity index (χ0v) is 10.8. The molecule has 104 valence electrons. The predicted octanol–water partition coefficient (Wildman–Crippen LogP) is 2.68. The summed E-state index contributed by atoms with van der Waals surface area (Å²) in [5.74, 6) is -0.177. The molecule has 1 aromatic carbocycles. The molecule has 1 aliphatic rings. The molecule has 1 N–H and O–H groups in total. The number of amides is 1. The second-order valence-corrected chi connectivity index (χ2v) is 4.69. The van der Waals surface area contributed by atoms with Crippen molar-refractivity contribution in [1.29, 1.82) is 0 Å². The normalized spacial score (nSPS) is 20.2. The van der Waals surface area contributed by atoms with Gasteiger partial charge in [-0.1, -0.05) is 11.6 Å². The molecule has 1 fully saturated rings. The van der Waals surface area contributed by atoms with E-state index < -0.39 is 11.7 Å². The van der Waals surface area contributed by atoms with Gasteiger partial charge in [-0.25, -0.2) is 0 Å². The van der Waals surface area contributed by atoms with E-state index in [1.165, 1.54) is 11.0 Å². The van der Waals surface area contributed by atoms with Crippen molar-refractivity contribution >= 4 is 23.2 Å². The molecule has 0 radical (unpaired) electrons. The second-order valence-electron chi connectivity index (χ2n) is 4.28. The summed E-state index contributed by atoms with van der Waals surface area (Å²) in [7, 11) is 1.67. The third-order valence-corrected chi connectivity index (χ3v) is 3.42. The maximum absolute atomic E-state index is 12.5. The van der Waals surface area contributed by atoms with E-state index in [9.17, 15) is 18.0 Å². The van der Waals surface area contributed by atoms with Gasteiger partial charge in [-0.3, -0.25) is 4.79 Å². The van der Waals surface area contributed by atoms with Crippen molar-refractivity contribution in [3.8, 4) is 0 Å². The van der Waals surface area contributed by atoms with Crippen molar-refractivity contribution in [2.45, 2.75) is 18.6 Å². The van der Waals surface area contributed by atoms with Gasteiger partial charge in [-0.05, 0) is 31.7 Å². The van der Waals surface area contributed by atoms with Crippen LogP contribution in [0.1, 0.15) is 12.0 Å². The predicted molar refractivity (Wildman–Crippen MR) is 66.3 cm³/mol. The van der Waals surface area contributed by atoms with Gasteiger partial charge in [0, 0.05) is 6.54 Å². The first-order valence-electron chi connectivity index (χ1n) is 5.70. The van der Waals surface area contributed by atoms with Gasteiger partial charge in [-0.2, -0.15) is 13.2 Å². The van der Waals surface area contributed by atoms with Crippen LogP contribution in [0, 0.1) is 0 Å². The van der Waals surface area contributed by atoms with Crippen LogP contribution in [-0.2, 0) is 11.0 Å². The van der Waals surface area contributed by atoms with E-state index >= 15 is 0 Å². The van der Waals surface area contributed by atoms with Crippen LogP contribution in [0.2, 0.25) is 5.02 Å². The van der Waals surface area contributed by atoms with E-state index in [4.69, 9.17) is 11.6 Å². The Morgan fingerprint density at radius 3 is 2.58 bits per heavy atom. The molecule has 19 heavy (non-hydrogen) atoms. The van der Waals surface area contributed by atoms with Gasteiger partial charge < -0.3 is 10.2 Å². The van der Waals surface area contributed by atoms with Gasteiger partial charge in [0.15, 0.2) is 0 Å². The Hall–Kier alpha value is -1.27. The van der Waals surface area contributed by atoms with Crippen LogP contribution in [0.5, 0.6) is 0 Å². The molecule has 0 bridgehead atoms. The number of halogens is 4. The van der Waals surface area contributed by atoms with E-state index in [2.05, 4.69) is 5.32 Å². The Balaban J connectivity index is 2.30. The zero-order valence-electron chi connectivity index (χ0n) is 10.1. The summed E-state index contributed by atoms with van der Waals surface area (Å²) >= 11 is 5.86. The summed E-state index contributed by atoms with van der Waals surface area (Å²) in [5.41, 5.74) is -0.504. The molecule has 1 heterocycles. The first-order chi connectivity index (χ1) is 8.84. The highest BCUT2D eigenvalue weighted by molar-refractivity contribution is 6.34. The smallest absolute Gasteiger partial charge is 0.310 e. The molecule has 1 atom stereocenters. The molecular weight excluding hydrogens is 281 g/mol. The quantitative estimate of drug-likeness (QED) is 0.909. The summed E-state index contributed by atoms with van der Waals surface area (Å²) in [4.78, 5) is 13.4. The number of anilines is 1. The Kier molecular flexibility index (Phi) is 3.73. The Labute approximate surface area is 113 Å². The van der Waals surface area contributed by atoms with E-state index in [0.29, 0.717) is 18.7 Å². The standard InChI is InChI=1S/C12H12ClF3N2O/c1-17-9-4-5-18(11(9)19)10-3-2-7(6-8(10)13)12(14,15)16/h2-3,6,9,17H,4-5H2,1H3. The first kappa shape index (κ1) is 14.1. The third kappa shape index (κ3) is 2.69. The number of nitrogens with zero attached hydrogens (tertiary/aromatic N) is 1.